The van der Waals surface area contributed by atoms with Gasteiger partial charge in [0.2, 0.25) is 0 Å². The van der Waals surface area contributed by atoms with Crippen LogP contribution in [0.5, 0.6) is 0 Å². The summed E-state index contributed by atoms with van der Waals surface area (Å²) in [5.41, 5.74) is 7.74. The van der Waals surface area contributed by atoms with E-state index in [-0.39, 0.29) is 0 Å². The van der Waals surface area contributed by atoms with Crippen LogP contribution in [0.2, 0.25) is 0 Å². The van der Waals surface area contributed by atoms with Crippen LogP contribution in [0.4, 0.5) is 5.69 Å². The standard InChI is InChI=1S/C13H20N2S/c1-3-4-5-9-15(2)12-8-6-7-11(10-12)13(14)16/h6-8,10H,3-5,9H2,1-2H3,(H2,14,16). The van der Waals surface area contributed by atoms with Gasteiger partial charge in [0.1, 0.15) is 4.99 Å². The maximum atomic E-state index is 5.62. The first-order valence-corrected chi connectivity index (χ1v) is 6.17. The number of anilines is 1. The Bertz CT molecular complexity index is 350. The third-order valence-electron chi connectivity index (χ3n) is 2.67. The number of hydrogen-bond acceptors (Lipinski definition) is 2. The number of thiocarbonyl (C=S) groups is 1. The van der Waals surface area contributed by atoms with E-state index in [0.29, 0.717) is 4.99 Å². The molecule has 16 heavy (non-hydrogen) atoms. The summed E-state index contributed by atoms with van der Waals surface area (Å²) in [7, 11) is 2.11. The van der Waals surface area contributed by atoms with Gasteiger partial charge in [-0.1, -0.05) is 44.1 Å². The second kappa shape index (κ2) is 6.48. The lowest BCUT2D eigenvalue weighted by Gasteiger charge is -2.19. The second-order valence-corrected chi connectivity index (χ2v) is 4.48. The summed E-state index contributed by atoms with van der Waals surface area (Å²) < 4.78 is 0. The van der Waals surface area contributed by atoms with E-state index >= 15 is 0 Å². The van der Waals surface area contributed by atoms with Crippen LogP contribution in [0, 0.1) is 0 Å². The van der Waals surface area contributed by atoms with E-state index in [4.69, 9.17) is 18.0 Å². The van der Waals surface area contributed by atoms with Crippen LogP contribution in [-0.4, -0.2) is 18.6 Å². The monoisotopic (exact) mass is 236 g/mol. The SMILES string of the molecule is CCCCCN(C)c1cccc(C(N)=S)c1. The third kappa shape index (κ3) is 3.81. The van der Waals surface area contributed by atoms with Crippen molar-refractivity contribution >= 4 is 22.9 Å². The van der Waals surface area contributed by atoms with Crippen LogP contribution in [0.25, 0.3) is 0 Å². The van der Waals surface area contributed by atoms with Crippen molar-refractivity contribution in [1.82, 2.24) is 0 Å². The highest BCUT2D eigenvalue weighted by Crippen LogP contribution is 2.15. The van der Waals surface area contributed by atoms with Crippen molar-refractivity contribution < 1.29 is 0 Å². The molecular formula is C13H20N2S. The van der Waals surface area contributed by atoms with Crippen molar-refractivity contribution in [2.45, 2.75) is 26.2 Å². The Labute approximate surface area is 103 Å². The van der Waals surface area contributed by atoms with Gasteiger partial charge in [-0.3, -0.25) is 0 Å². The van der Waals surface area contributed by atoms with Gasteiger partial charge in [0, 0.05) is 24.8 Å². The topological polar surface area (TPSA) is 29.3 Å². The minimum atomic E-state index is 0.462. The number of nitrogens with two attached hydrogens (primary N) is 1. The van der Waals surface area contributed by atoms with Crippen LogP contribution >= 0.6 is 12.2 Å². The quantitative estimate of drug-likeness (QED) is 0.608. The molecule has 1 aromatic carbocycles. The van der Waals surface area contributed by atoms with Crippen molar-refractivity contribution in [1.29, 1.82) is 0 Å². The molecule has 0 radical (unpaired) electrons. The van der Waals surface area contributed by atoms with E-state index in [2.05, 4.69) is 24.9 Å². The summed E-state index contributed by atoms with van der Waals surface area (Å²) in [6.07, 6.45) is 3.75. The molecule has 0 atom stereocenters. The highest BCUT2D eigenvalue weighted by Gasteiger charge is 2.02. The van der Waals surface area contributed by atoms with Gasteiger partial charge in [-0.25, -0.2) is 0 Å². The van der Waals surface area contributed by atoms with Gasteiger partial charge in [0.15, 0.2) is 0 Å². The number of benzene rings is 1. The van der Waals surface area contributed by atoms with Gasteiger partial charge < -0.3 is 10.6 Å². The fourth-order valence-corrected chi connectivity index (χ4v) is 1.75. The smallest absolute Gasteiger partial charge is 0.104 e. The van der Waals surface area contributed by atoms with E-state index in [1.165, 1.54) is 24.9 Å². The van der Waals surface area contributed by atoms with E-state index in [0.717, 1.165) is 12.1 Å². The number of nitrogens with zero attached hydrogens (tertiary/aromatic N) is 1. The Balaban J connectivity index is 2.64. The van der Waals surface area contributed by atoms with Crippen LogP contribution in [0.1, 0.15) is 31.7 Å². The zero-order chi connectivity index (χ0) is 12.0. The summed E-state index contributed by atoms with van der Waals surface area (Å²) in [6, 6.07) is 8.09. The molecule has 0 spiro atoms. The summed E-state index contributed by atoms with van der Waals surface area (Å²) in [5.74, 6) is 0. The molecule has 0 bridgehead atoms. The maximum Gasteiger partial charge on any atom is 0.104 e. The Hall–Kier alpha value is -1.09. The minimum Gasteiger partial charge on any atom is -0.389 e. The first-order valence-electron chi connectivity index (χ1n) is 5.76. The third-order valence-corrected chi connectivity index (χ3v) is 2.90. The molecule has 1 aromatic rings. The van der Waals surface area contributed by atoms with Crippen LogP contribution in [0.3, 0.4) is 0 Å². The lowest BCUT2D eigenvalue weighted by molar-refractivity contribution is 0.705. The molecule has 0 saturated heterocycles. The fraction of sp³-hybridized carbons (Fsp3) is 0.462. The molecule has 88 valence electrons. The molecule has 0 saturated carbocycles. The summed E-state index contributed by atoms with van der Waals surface area (Å²) in [5, 5.41) is 0. The Morgan fingerprint density at radius 2 is 2.12 bits per heavy atom. The molecule has 0 aliphatic heterocycles. The molecule has 0 heterocycles. The highest BCUT2D eigenvalue weighted by atomic mass is 32.1. The van der Waals surface area contributed by atoms with Gasteiger partial charge in [-0.05, 0) is 18.6 Å². The van der Waals surface area contributed by atoms with Crippen molar-refractivity contribution in [3.63, 3.8) is 0 Å². The first kappa shape index (κ1) is 13.0. The largest absolute Gasteiger partial charge is 0.389 e. The lowest BCUT2D eigenvalue weighted by atomic mass is 10.2. The van der Waals surface area contributed by atoms with E-state index in [1.54, 1.807) is 0 Å². The highest BCUT2D eigenvalue weighted by molar-refractivity contribution is 7.80. The lowest BCUT2D eigenvalue weighted by Crippen LogP contribution is -2.19. The van der Waals surface area contributed by atoms with Gasteiger partial charge in [0.05, 0.1) is 0 Å². The van der Waals surface area contributed by atoms with E-state index < -0.39 is 0 Å². The molecule has 2 N–H and O–H groups in total. The summed E-state index contributed by atoms with van der Waals surface area (Å²) in [6.45, 7) is 3.29. The molecule has 0 fully saturated rings. The van der Waals surface area contributed by atoms with Gasteiger partial charge in [-0.2, -0.15) is 0 Å². The normalized spacial score (nSPS) is 10.1. The molecule has 2 nitrogen and oxygen atoms in total. The minimum absolute atomic E-state index is 0.462. The van der Waals surface area contributed by atoms with Crippen LogP contribution < -0.4 is 10.6 Å². The molecule has 0 aromatic heterocycles. The molecule has 1 rings (SSSR count). The van der Waals surface area contributed by atoms with Crippen LogP contribution in [0.15, 0.2) is 24.3 Å². The molecule has 0 aliphatic carbocycles. The maximum absolute atomic E-state index is 5.62. The molecular weight excluding hydrogens is 216 g/mol. The number of hydrogen-bond donors (Lipinski definition) is 1. The van der Waals surface area contributed by atoms with Crippen molar-refractivity contribution in [2.24, 2.45) is 5.73 Å². The van der Waals surface area contributed by atoms with Gasteiger partial charge in [-0.15, -0.1) is 0 Å². The van der Waals surface area contributed by atoms with Crippen molar-refractivity contribution in [3.05, 3.63) is 29.8 Å². The van der Waals surface area contributed by atoms with Gasteiger partial charge >= 0.3 is 0 Å². The predicted molar refractivity (Wildman–Crippen MR) is 75.1 cm³/mol. The van der Waals surface area contributed by atoms with Crippen molar-refractivity contribution in [3.8, 4) is 0 Å². The average Bonchev–Trinajstić information content (AvgIpc) is 2.29. The summed E-state index contributed by atoms with van der Waals surface area (Å²) >= 11 is 4.97. The zero-order valence-corrected chi connectivity index (χ0v) is 10.9. The van der Waals surface area contributed by atoms with Crippen LogP contribution in [-0.2, 0) is 0 Å². The molecule has 0 aliphatic rings. The predicted octanol–water partition coefficient (Wildman–Crippen LogP) is 2.95. The van der Waals surface area contributed by atoms with Crippen molar-refractivity contribution in [2.75, 3.05) is 18.5 Å². The molecule has 0 unspecified atom stereocenters. The Morgan fingerprint density at radius 1 is 1.38 bits per heavy atom. The average molecular weight is 236 g/mol. The second-order valence-electron chi connectivity index (χ2n) is 4.04. The summed E-state index contributed by atoms with van der Waals surface area (Å²) in [4.78, 5) is 2.71. The fourth-order valence-electron chi connectivity index (χ4n) is 1.62. The molecule has 3 heteroatoms. The Morgan fingerprint density at radius 3 is 2.75 bits per heavy atom. The van der Waals surface area contributed by atoms with E-state index in [1.807, 2.05) is 18.2 Å². The van der Waals surface area contributed by atoms with Gasteiger partial charge in [0.25, 0.3) is 0 Å². The van der Waals surface area contributed by atoms with E-state index in [9.17, 15) is 0 Å². The number of unbranched alkanes of at least 4 members (excludes halogenated alkanes) is 2. The zero-order valence-electron chi connectivity index (χ0n) is 10.1. The molecule has 0 amide bonds. The first-order chi connectivity index (χ1) is 7.65. The number of rotatable bonds is 6. The Kier molecular flexibility index (Phi) is 5.26.